The minimum absolute atomic E-state index is 0.0795. The Bertz CT molecular complexity index is 931. The average molecular weight is 933 g/mol. The van der Waals surface area contributed by atoms with Gasteiger partial charge < -0.3 is 19.4 Å². The quantitative estimate of drug-likeness (QED) is 0.0449. The number of hydrogen-bond acceptors (Lipinski definition) is 5. The Morgan fingerprint density at radius 1 is 0.318 bits per heavy atom. The molecular weight excluding hydrogens is 815 g/mol. The Kier molecular flexibility index (Phi) is 50.0. The van der Waals surface area contributed by atoms with Crippen LogP contribution in [0.4, 0.5) is 0 Å². The number of carbonyl (C=O) groups excluding carboxylic acids is 3. The van der Waals surface area contributed by atoms with Gasteiger partial charge >= 0.3 is 5.97 Å². The molecule has 0 spiro atoms. The molecule has 0 fully saturated rings. The number of nitrogens with zero attached hydrogens (tertiary/aromatic N) is 3. The minimum Gasteiger partial charge on any atom is -0.462 e. The number of amides is 2. The van der Waals surface area contributed by atoms with E-state index in [1.54, 1.807) is 0 Å². The molecule has 0 aliphatic rings. The Balaban J connectivity index is 5.05. The minimum atomic E-state index is -0.0812. The number of unbranched alkanes of at least 4 members (excludes halogenated alkanes) is 32. The zero-order chi connectivity index (χ0) is 48.4. The third kappa shape index (κ3) is 44.9. The van der Waals surface area contributed by atoms with Crippen molar-refractivity contribution in [1.29, 1.82) is 0 Å². The first-order valence-electron chi connectivity index (χ1n) is 29.7. The molecule has 0 aromatic rings. The van der Waals surface area contributed by atoms with E-state index in [4.69, 9.17) is 4.74 Å². The molecule has 0 aliphatic heterocycles. The van der Waals surface area contributed by atoms with Gasteiger partial charge in [-0.3, -0.25) is 14.4 Å². The van der Waals surface area contributed by atoms with Crippen molar-refractivity contribution in [1.82, 2.24) is 14.7 Å². The molecule has 0 bridgehead atoms. The summed E-state index contributed by atoms with van der Waals surface area (Å²) in [6.45, 7) is 13.6. The predicted octanol–water partition coefficient (Wildman–Crippen LogP) is 17.4. The number of hydrogen-bond donors (Lipinski definition) is 0. The fourth-order valence-electron chi connectivity index (χ4n) is 9.48. The van der Waals surface area contributed by atoms with Crippen molar-refractivity contribution in [3.63, 3.8) is 0 Å². The number of rotatable bonds is 53. The molecule has 0 aromatic heterocycles. The molecular formula is C59H117N3O4. The second-order valence-electron chi connectivity index (χ2n) is 20.9. The summed E-state index contributed by atoms with van der Waals surface area (Å²) >= 11 is 0. The standard InChI is InChI=1S/C59H117N3O4/c1-7-11-15-19-23-27-31-41-52-61(53-42-32-28-24-20-16-12-8-2)57(63)48-39-35-37-46-56(66-59(65)50-45-51-60(5)6)47-38-36-40-49-58(64)62(54-43-33-29-25-21-17-13-9-3)55-44-34-30-26-22-18-14-10-4/h56H,7-55H2,1-6H3. The van der Waals surface area contributed by atoms with Crippen molar-refractivity contribution in [3.8, 4) is 0 Å². The largest absolute Gasteiger partial charge is 0.462 e. The van der Waals surface area contributed by atoms with Crippen molar-refractivity contribution < 1.29 is 19.1 Å². The summed E-state index contributed by atoms with van der Waals surface area (Å²) in [6.07, 6.45) is 51.3. The van der Waals surface area contributed by atoms with Crippen LogP contribution in [-0.4, -0.2) is 85.4 Å². The summed E-state index contributed by atoms with van der Waals surface area (Å²) in [4.78, 5) is 46.6. The second kappa shape index (κ2) is 51.2. The van der Waals surface area contributed by atoms with Crippen LogP contribution in [0.3, 0.4) is 0 Å². The van der Waals surface area contributed by atoms with Gasteiger partial charge in [0.1, 0.15) is 6.10 Å². The van der Waals surface area contributed by atoms with Gasteiger partial charge in [0.25, 0.3) is 0 Å². The van der Waals surface area contributed by atoms with E-state index >= 15 is 0 Å². The van der Waals surface area contributed by atoms with Gasteiger partial charge in [-0.2, -0.15) is 0 Å². The number of esters is 1. The van der Waals surface area contributed by atoms with Crippen LogP contribution in [0.2, 0.25) is 0 Å². The molecule has 7 heteroatoms. The van der Waals surface area contributed by atoms with E-state index in [1.807, 2.05) is 14.1 Å². The van der Waals surface area contributed by atoms with E-state index in [-0.39, 0.29) is 12.1 Å². The van der Waals surface area contributed by atoms with E-state index in [0.717, 1.165) is 116 Å². The first-order chi connectivity index (χ1) is 32.3. The molecule has 0 N–H and O–H groups in total. The van der Waals surface area contributed by atoms with E-state index in [1.165, 1.54) is 180 Å². The lowest BCUT2D eigenvalue weighted by Gasteiger charge is -2.23. The lowest BCUT2D eigenvalue weighted by Crippen LogP contribution is -2.32. The van der Waals surface area contributed by atoms with Crippen LogP contribution in [0.25, 0.3) is 0 Å². The van der Waals surface area contributed by atoms with Gasteiger partial charge in [0.05, 0.1) is 0 Å². The van der Waals surface area contributed by atoms with Gasteiger partial charge in [-0.25, -0.2) is 0 Å². The molecule has 0 atom stereocenters. The van der Waals surface area contributed by atoms with E-state index in [9.17, 15) is 14.4 Å². The molecule has 0 saturated carbocycles. The summed E-state index contributed by atoms with van der Waals surface area (Å²) in [5.74, 6) is 0.601. The van der Waals surface area contributed by atoms with Gasteiger partial charge in [-0.15, -0.1) is 0 Å². The van der Waals surface area contributed by atoms with Gasteiger partial charge in [0.2, 0.25) is 11.8 Å². The van der Waals surface area contributed by atoms with Crippen molar-refractivity contribution in [3.05, 3.63) is 0 Å². The summed E-state index contributed by atoms with van der Waals surface area (Å²) in [6, 6.07) is 0. The van der Waals surface area contributed by atoms with Crippen molar-refractivity contribution in [2.24, 2.45) is 0 Å². The average Bonchev–Trinajstić information content (AvgIpc) is 3.30. The van der Waals surface area contributed by atoms with Gasteiger partial charge in [-0.1, -0.05) is 220 Å². The summed E-state index contributed by atoms with van der Waals surface area (Å²) in [7, 11) is 4.09. The fraction of sp³-hybridized carbons (Fsp3) is 0.949. The molecule has 392 valence electrons. The van der Waals surface area contributed by atoms with Crippen molar-refractivity contribution in [2.75, 3.05) is 46.8 Å². The van der Waals surface area contributed by atoms with Gasteiger partial charge in [-0.05, 0) is 91.3 Å². The second-order valence-corrected chi connectivity index (χ2v) is 20.9. The van der Waals surface area contributed by atoms with Crippen LogP contribution >= 0.6 is 0 Å². The summed E-state index contributed by atoms with van der Waals surface area (Å²) < 4.78 is 6.12. The highest BCUT2D eigenvalue weighted by molar-refractivity contribution is 5.76. The molecule has 66 heavy (non-hydrogen) atoms. The Morgan fingerprint density at radius 3 is 0.879 bits per heavy atom. The first kappa shape index (κ1) is 64.4. The molecule has 0 aliphatic carbocycles. The van der Waals surface area contributed by atoms with Crippen LogP contribution in [0.5, 0.6) is 0 Å². The maximum Gasteiger partial charge on any atom is 0.306 e. The van der Waals surface area contributed by atoms with E-state index < -0.39 is 0 Å². The molecule has 7 nitrogen and oxygen atoms in total. The molecule has 0 heterocycles. The Morgan fingerprint density at radius 2 is 0.591 bits per heavy atom. The fourth-order valence-corrected chi connectivity index (χ4v) is 9.48. The van der Waals surface area contributed by atoms with Gasteiger partial charge in [0, 0.05) is 45.4 Å². The summed E-state index contributed by atoms with van der Waals surface area (Å²) in [5.41, 5.74) is 0. The topological polar surface area (TPSA) is 70.2 Å². The smallest absolute Gasteiger partial charge is 0.306 e. The molecule has 0 rings (SSSR count). The molecule has 2 amide bonds. The monoisotopic (exact) mass is 932 g/mol. The Hall–Kier alpha value is -1.63. The van der Waals surface area contributed by atoms with E-state index in [2.05, 4.69) is 42.4 Å². The normalized spacial score (nSPS) is 11.6. The first-order valence-corrected chi connectivity index (χ1v) is 29.7. The lowest BCUT2D eigenvalue weighted by molar-refractivity contribution is -0.150. The molecule has 0 aromatic carbocycles. The maximum atomic E-state index is 13.6. The van der Waals surface area contributed by atoms with Crippen LogP contribution in [0.1, 0.15) is 310 Å². The van der Waals surface area contributed by atoms with Crippen LogP contribution in [0.15, 0.2) is 0 Å². The Labute approximate surface area is 413 Å². The van der Waals surface area contributed by atoms with Crippen LogP contribution in [0, 0.1) is 0 Å². The zero-order valence-corrected chi connectivity index (χ0v) is 45.7. The third-order valence-corrected chi connectivity index (χ3v) is 13.9. The van der Waals surface area contributed by atoms with Crippen LogP contribution < -0.4 is 0 Å². The molecule has 0 radical (unpaired) electrons. The number of carbonyl (C=O) groups is 3. The highest BCUT2D eigenvalue weighted by atomic mass is 16.5. The highest BCUT2D eigenvalue weighted by Crippen LogP contribution is 2.19. The maximum absolute atomic E-state index is 13.6. The lowest BCUT2D eigenvalue weighted by atomic mass is 10.0. The third-order valence-electron chi connectivity index (χ3n) is 13.9. The van der Waals surface area contributed by atoms with Crippen molar-refractivity contribution >= 4 is 17.8 Å². The SMILES string of the molecule is CCCCCCCCCCN(CCCCCCCCCC)C(=O)CCCCCC(CCCCCC(=O)N(CCCCCCCCCC)CCCCCCCCCC)OC(=O)CCCN(C)C. The molecule has 0 unspecified atom stereocenters. The van der Waals surface area contributed by atoms with Gasteiger partial charge in [0.15, 0.2) is 0 Å². The zero-order valence-electron chi connectivity index (χ0n) is 45.7. The van der Waals surface area contributed by atoms with Crippen LogP contribution in [-0.2, 0) is 19.1 Å². The van der Waals surface area contributed by atoms with E-state index in [0.29, 0.717) is 31.1 Å². The predicted molar refractivity (Wildman–Crippen MR) is 287 cm³/mol. The summed E-state index contributed by atoms with van der Waals surface area (Å²) in [5, 5.41) is 0. The number of ether oxygens (including phenoxy) is 1. The van der Waals surface area contributed by atoms with Crippen molar-refractivity contribution in [2.45, 2.75) is 316 Å². The molecule has 0 saturated heterocycles. The highest BCUT2D eigenvalue weighted by Gasteiger charge is 2.18.